The van der Waals surface area contributed by atoms with Crippen LogP contribution in [-0.4, -0.2) is 10.2 Å². The first-order chi connectivity index (χ1) is 8.18. The Labute approximate surface area is 104 Å². The van der Waals surface area contributed by atoms with Crippen molar-refractivity contribution in [1.82, 2.24) is 10.2 Å². The highest BCUT2D eigenvalue weighted by atomic mass is 15.2. The Morgan fingerprint density at radius 3 is 2.47 bits per heavy atom. The van der Waals surface area contributed by atoms with Crippen LogP contribution in [0.2, 0.25) is 0 Å². The summed E-state index contributed by atoms with van der Waals surface area (Å²) in [6, 6.07) is 0. The van der Waals surface area contributed by atoms with Gasteiger partial charge in [-0.05, 0) is 25.2 Å². The van der Waals surface area contributed by atoms with Crippen LogP contribution in [0.15, 0.2) is 0 Å². The van der Waals surface area contributed by atoms with Crippen molar-refractivity contribution in [3.8, 4) is 0 Å². The smallest absolute Gasteiger partial charge is 0.148 e. The largest absolute Gasteiger partial charge is 0.382 e. The Balaban J connectivity index is 2.18. The van der Waals surface area contributed by atoms with Gasteiger partial charge in [-0.3, -0.25) is 5.10 Å². The van der Waals surface area contributed by atoms with Crippen molar-refractivity contribution >= 4 is 5.82 Å². The van der Waals surface area contributed by atoms with E-state index >= 15 is 0 Å². The summed E-state index contributed by atoms with van der Waals surface area (Å²) >= 11 is 0. The van der Waals surface area contributed by atoms with Crippen molar-refractivity contribution in [2.24, 2.45) is 5.92 Å². The molecule has 3 nitrogen and oxygen atoms in total. The predicted octanol–water partition coefficient (Wildman–Crippen LogP) is 3.63. The van der Waals surface area contributed by atoms with E-state index in [4.69, 9.17) is 5.73 Å². The Morgan fingerprint density at radius 1 is 1.24 bits per heavy atom. The van der Waals surface area contributed by atoms with Crippen LogP contribution in [-0.2, 0) is 6.42 Å². The zero-order valence-electron chi connectivity index (χ0n) is 11.1. The Morgan fingerprint density at radius 2 is 1.88 bits per heavy atom. The summed E-state index contributed by atoms with van der Waals surface area (Å²) in [5, 5.41) is 7.43. The standard InChI is InChI=1S/C14H25N3/c1-10(2)9-12-13(16-17-14(12)15)11-7-5-3-4-6-8-11/h10-11H,3-9H2,1-2H3,(H3,15,16,17). The van der Waals surface area contributed by atoms with Gasteiger partial charge >= 0.3 is 0 Å². The van der Waals surface area contributed by atoms with E-state index in [1.165, 1.54) is 49.8 Å². The van der Waals surface area contributed by atoms with Crippen LogP contribution >= 0.6 is 0 Å². The topological polar surface area (TPSA) is 54.7 Å². The molecule has 1 aromatic heterocycles. The van der Waals surface area contributed by atoms with Crippen LogP contribution < -0.4 is 5.73 Å². The summed E-state index contributed by atoms with van der Waals surface area (Å²) in [5.41, 5.74) is 8.61. The molecule has 0 amide bonds. The molecule has 1 aromatic rings. The van der Waals surface area contributed by atoms with Gasteiger partial charge in [-0.25, -0.2) is 0 Å². The number of nitrogens with two attached hydrogens (primary N) is 1. The van der Waals surface area contributed by atoms with Crippen molar-refractivity contribution in [3.05, 3.63) is 11.3 Å². The van der Waals surface area contributed by atoms with Gasteiger partial charge in [0.25, 0.3) is 0 Å². The van der Waals surface area contributed by atoms with Crippen LogP contribution in [0.5, 0.6) is 0 Å². The van der Waals surface area contributed by atoms with Crippen LogP contribution in [0.25, 0.3) is 0 Å². The van der Waals surface area contributed by atoms with Gasteiger partial charge in [0.1, 0.15) is 5.82 Å². The summed E-state index contributed by atoms with van der Waals surface area (Å²) in [4.78, 5) is 0. The molecule has 1 saturated carbocycles. The van der Waals surface area contributed by atoms with Gasteiger partial charge in [0.2, 0.25) is 0 Å². The molecule has 0 aliphatic heterocycles. The molecule has 2 rings (SSSR count). The molecule has 0 unspecified atom stereocenters. The number of rotatable bonds is 3. The van der Waals surface area contributed by atoms with Gasteiger partial charge in [-0.2, -0.15) is 5.10 Å². The zero-order valence-corrected chi connectivity index (χ0v) is 11.1. The number of nitrogen functional groups attached to an aromatic ring is 1. The third kappa shape index (κ3) is 3.02. The summed E-state index contributed by atoms with van der Waals surface area (Å²) in [6.45, 7) is 4.48. The van der Waals surface area contributed by atoms with Crippen LogP contribution in [0, 0.1) is 5.92 Å². The molecule has 1 fully saturated rings. The molecule has 1 heterocycles. The van der Waals surface area contributed by atoms with Gasteiger partial charge in [0.15, 0.2) is 0 Å². The Hall–Kier alpha value is -0.990. The lowest BCUT2D eigenvalue weighted by atomic mass is 9.91. The maximum atomic E-state index is 5.99. The lowest BCUT2D eigenvalue weighted by Crippen LogP contribution is -2.05. The lowest BCUT2D eigenvalue weighted by Gasteiger charge is -2.15. The van der Waals surface area contributed by atoms with E-state index in [0.717, 1.165) is 12.2 Å². The maximum absolute atomic E-state index is 5.99. The van der Waals surface area contributed by atoms with Gasteiger partial charge < -0.3 is 5.73 Å². The minimum atomic E-state index is 0.638. The highest BCUT2D eigenvalue weighted by Crippen LogP contribution is 2.34. The number of nitrogens with zero attached hydrogens (tertiary/aromatic N) is 1. The second-order valence-electron chi connectivity index (χ2n) is 5.79. The monoisotopic (exact) mass is 235 g/mol. The molecule has 17 heavy (non-hydrogen) atoms. The molecule has 0 aromatic carbocycles. The first-order valence-electron chi connectivity index (χ1n) is 7.01. The summed E-state index contributed by atoms with van der Waals surface area (Å²) in [6.07, 6.45) is 9.13. The highest BCUT2D eigenvalue weighted by molar-refractivity contribution is 5.43. The number of aromatic nitrogens is 2. The van der Waals surface area contributed by atoms with Gasteiger partial charge in [0.05, 0.1) is 0 Å². The number of H-pyrrole nitrogens is 1. The van der Waals surface area contributed by atoms with E-state index in [9.17, 15) is 0 Å². The van der Waals surface area contributed by atoms with Gasteiger partial charge in [0, 0.05) is 17.2 Å². The third-order valence-corrected chi connectivity index (χ3v) is 3.81. The molecular weight excluding hydrogens is 210 g/mol. The SMILES string of the molecule is CC(C)Cc1c(N)n[nH]c1C1CCCCCC1. The number of anilines is 1. The summed E-state index contributed by atoms with van der Waals surface area (Å²) in [5.74, 6) is 2.02. The molecule has 3 N–H and O–H groups in total. The molecule has 0 saturated heterocycles. The first kappa shape index (κ1) is 12.5. The van der Waals surface area contributed by atoms with Crippen molar-refractivity contribution < 1.29 is 0 Å². The molecule has 96 valence electrons. The fourth-order valence-corrected chi connectivity index (χ4v) is 2.92. The first-order valence-corrected chi connectivity index (χ1v) is 7.01. The van der Waals surface area contributed by atoms with Crippen LogP contribution in [0.4, 0.5) is 5.82 Å². The zero-order chi connectivity index (χ0) is 12.3. The van der Waals surface area contributed by atoms with Gasteiger partial charge in [-0.15, -0.1) is 0 Å². The van der Waals surface area contributed by atoms with E-state index in [1.807, 2.05) is 0 Å². The fraction of sp³-hybridized carbons (Fsp3) is 0.786. The van der Waals surface area contributed by atoms with E-state index in [-0.39, 0.29) is 0 Å². The Bertz CT molecular complexity index is 346. The van der Waals surface area contributed by atoms with E-state index in [2.05, 4.69) is 24.0 Å². The van der Waals surface area contributed by atoms with E-state index in [0.29, 0.717) is 11.8 Å². The molecule has 0 bridgehead atoms. The average Bonchev–Trinajstić information content (AvgIpc) is 2.55. The number of nitrogens with one attached hydrogen (secondary N) is 1. The van der Waals surface area contributed by atoms with Crippen molar-refractivity contribution in [3.63, 3.8) is 0 Å². The molecule has 0 radical (unpaired) electrons. The number of hydrogen-bond donors (Lipinski definition) is 2. The minimum Gasteiger partial charge on any atom is -0.382 e. The molecule has 0 atom stereocenters. The van der Waals surface area contributed by atoms with Crippen LogP contribution in [0.3, 0.4) is 0 Å². The second kappa shape index (κ2) is 5.56. The van der Waals surface area contributed by atoms with E-state index in [1.54, 1.807) is 0 Å². The van der Waals surface area contributed by atoms with E-state index < -0.39 is 0 Å². The Kier molecular flexibility index (Phi) is 4.08. The summed E-state index contributed by atoms with van der Waals surface area (Å²) < 4.78 is 0. The molecule has 3 heteroatoms. The second-order valence-corrected chi connectivity index (χ2v) is 5.79. The van der Waals surface area contributed by atoms with Crippen molar-refractivity contribution in [1.29, 1.82) is 0 Å². The highest BCUT2D eigenvalue weighted by Gasteiger charge is 2.21. The fourth-order valence-electron chi connectivity index (χ4n) is 2.92. The molecular formula is C14H25N3. The lowest BCUT2D eigenvalue weighted by molar-refractivity contribution is 0.562. The quantitative estimate of drug-likeness (QED) is 0.786. The van der Waals surface area contributed by atoms with Crippen molar-refractivity contribution in [2.75, 3.05) is 5.73 Å². The average molecular weight is 235 g/mol. The number of aromatic amines is 1. The van der Waals surface area contributed by atoms with Crippen LogP contribution in [0.1, 0.15) is 69.5 Å². The number of hydrogen-bond acceptors (Lipinski definition) is 2. The molecule has 0 spiro atoms. The minimum absolute atomic E-state index is 0.638. The van der Waals surface area contributed by atoms with Gasteiger partial charge in [-0.1, -0.05) is 39.5 Å². The third-order valence-electron chi connectivity index (χ3n) is 3.81. The normalized spacial score (nSPS) is 18.5. The molecule has 1 aliphatic carbocycles. The molecule has 1 aliphatic rings. The van der Waals surface area contributed by atoms with Crippen molar-refractivity contribution in [2.45, 2.75) is 64.7 Å². The summed E-state index contributed by atoms with van der Waals surface area (Å²) in [7, 11) is 0. The maximum Gasteiger partial charge on any atom is 0.148 e. The predicted molar refractivity (Wildman–Crippen MR) is 72.0 cm³/mol.